The molecule has 1 amide bonds. The third kappa shape index (κ3) is 3.93. The van der Waals surface area contributed by atoms with Gasteiger partial charge in [0, 0.05) is 33.0 Å². The van der Waals surface area contributed by atoms with E-state index in [9.17, 15) is 4.79 Å². The smallest absolute Gasteiger partial charge is 0.257 e. The van der Waals surface area contributed by atoms with E-state index in [1.54, 1.807) is 24.5 Å². The Morgan fingerprint density at radius 2 is 2.19 bits per heavy atom. The van der Waals surface area contributed by atoms with E-state index in [0.29, 0.717) is 18.2 Å². The summed E-state index contributed by atoms with van der Waals surface area (Å²) >= 11 is 0. The number of hydrogen-bond acceptors (Lipinski definition) is 5. The van der Waals surface area contributed by atoms with Crippen LogP contribution in [0.1, 0.15) is 19.8 Å². The minimum absolute atomic E-state index is 0.0386. The van der Waals surface area contributed by atoms with E-state index < -0.39 is 0 Å². The fourth-order valence-electron chi connectivity index (χ4n) is 2.35. The number of rotatable bonds is 4. The summed E-state index contributed by atoms with van der Waals surface area (Å²) in [4.78, 5) is 24.1. The summed E-state index contributed by atoms with van der Waals surface area (Å²) < 4.78 is 5.97. The molecule has 1 aliphatic heterocycles. The van der Waals surface area contributed by atoms with Gasteiger partial charge >= 0.3 is 0 Å². The predicted molar refractivity (Wildman–Crippen MR) is 81.4 cm³/mol. The number of ether oxygens (including phenoxy) is 1. The van der Waals surface area contributed by atoms with Crippen molar-refractivity contribution < 1.29 is 9.53 Å². The van der Waals surface area contributed by atoms with Gasteiger partial charge in [0.15, 0.2) is 5.82 Å². The first-order chi connectivity index (χ1) is 10.1. The van der Waals surface area contributed by atoms with Gasteiger partial charge in [0.2, 0.25) is 5.91 Å². The first-order valence-corrected chi connectivity index (χ1v) is 7.18. The highest BCUT2D eigenvalue weighted by Crippen LogP contribution is 2.24. The zero-order valence-corrected chi connectivity index (χ0v) is 12.8. The maximum absolute atomic E-state index is 11.9. The number of hydrogen-bond donors (Lipinski definition) is 0. The highest BCUT2D eigenvalue weighted by molar-refractivity contribution is 5.87. The predicted octanol–water partition coefficient (Wildman–Crippen LogP) is 1.49. The van der Waals surface area contributed by atoms with Crippen molar-refractivity contribution in [2.45, 2.75) is 25.9 Å². The zero-order chi connectivity index (χ0) is 15.2. The molecule has 1 unspecified atom stereocenters. The molecule has 21 heavy (non-hydrogen) atoms. The van der Waals surface area contributed by atoms with E-state index in [-0.39, 0.29) is 12.0 Å². The summed E-state index contributed by atoms with van der Waals surface area (Å²) in [5.74, 6) is 1.26. The van der Waals surface area contributed by atoms with Gasteiger partial charge in [-0.15, -0.1) is 0 Å². The highest BCUT2D eigenvalue weighted by atomic mass is 16.5. The molecule has 6 heteroatoms. The zero-order valence-electron chi connectivity index (χ0n) is 12.8. The summed E-state index contributed by atoms with van der Waals surface area (Å²) in [7, 11) is 3.80. The molecule has 0 radical (unpaired) electrons. The van der Waals surface area contributed by atoms with Gasteiger partial charge in [-0.05, 0) is 25.8 Å². The molecule has 1 atom stereocenters. The van der Waals surface area contributed by atoms with Crippen molar-refractivity contribution in [3.8, 4) is 5.88 Å². The number of likely N-dealkylation sites (tertiary alicyclic amines) is 1. The minimum atomic E-state index is -0.0386. The molecule has 0 N–H and O–H groups in total. The fourth-order valence-corrected chi connectivity index (χ4v) is 2.35. The van der Waals surface area contributed by atoms with Crippen LogP contribution in [0.3, 0.4) is 0 Å². The Morgan fingerprint density at radius 1 is 1.43 bits per heavy atom. The van der Waals surface area contributed by atoms with Crippen molar-refractivity contribution in [3.05, 3.63) is 24.5 Å². The number of anilines is 1. The van der Waals surface area contributed by atoms with Crippen LogP contribution >= 0.6 is 0 Å². The van der Waals surface area contributed by atoms with E-state index in [2.05, 4.69) is 9.97 Å². The van der Waals surface area contributed by atoms with Crippen molar-refractivity contribution in [3.63, 3.8) is 0 Å². The Balaban J connectivity index is 2.04. The third-order valence-corrected chi connectivity index (χ3v) is 3.35. The molecule has 1 aromatic heterocycles. The fraction of sp³-hybridized carbons (Fsp3) is 0.533. The molecule has 0 saturated carbocycles. The van der Waals surface area contributed by atoms with Crippen LogP contribution in [0, 0.1) is 0 Å². The van der Waals surface area contributed by atoms with Crippen LogP contribution in [0.4, 0.5) is 5.82 Å². The summed E-state index contributed by atoms with van der Waals surface area (Å²) in [6.45, 7) is 3.22. The number of amides is 1. The summed E-state index contributed by atoms with van der Waals surface area (Å²) in [5.41, 5.74) is 0. The van der Waals surface area contributed by atoms with Crippen LogP contribution in [0.15, 0.2) is 24.5 Å². The lowest BCUT2D eigenvalue weighted by Gasteiger charge is -2.32. The molecule has 114 valence electrons. The number of piperidine rings is 1. The standard InChI is InChI=1S/C15H22N4O2/c1-4-6-13(20)19-10-5-7-12(11-19)21-15-14(18(2)3)16-8-9-17-15/h4,6,8-9,12H,5,7,10-11H2,1-3H3/b6-4+. The molecular formula is C15H22N4O2. The van der Waals surface area contributed by atoms with Crippen molar-refractivity contribution >= 4 is 11.7 Å². The van der Waals surface area contributed by atoms with Crippen LogP contribution in [0.5, 0.6) is 5.88 Å². The molecule has 0 bridgehead atoms. The first kappa shape index (κ1) is 15.3. The highest BCUT2D eigenvalue weighted by Gasteiger charge is 2.25. The Bertz CT molecular complexity index is 516. The van der Waals surface area contributed by atoms with Gasteiger partial charge in [-0.2, -0.15) is 0 Å². The van der Waals surface area contributed by atoms with Gasteiger partial charge in [-0.1, -0.05) is 6.08 Å². The van der Waals surface area contributed by atoms with Crippen LogP contribution in [0.2, 0.25) is 0 Å². The van der Waals surface area contributed by atoms with Crippen molar-refractivity contribution in [1.29, 1.82) is 0 Å². The summed E-state index contributed by atoms with van der Waals surface area (Å²) in [6, 6.07) is 0. The van der Waals surface area contributed by atoms with Crippen LogP contribution in [-0.4, -0.2) is 54.1 Å². The Labute approximate surface area is 125 Å². The lowest BCUT2D eigenvalue weighted by molar-refractivity contribution is -0.128. The van der Waals surface area contributed by atoms with E-state index >= 15 is 0 Å². The molecule has 1 saturated heterocycles. The van der Waals surface area contributed by atoms with E-state index in [4.69, 9.17) is 4.74 Å². The van der Waals surface area contributed by atoms with Gasteiger partial charge in [0.1, 0.15) is 6.10 Å². The number of carbonyl (C=O) groups excluding carboxylic acids is 1. The maximum atomic E-state index is 11.9. The second-order valence-corrected chi connectivity index (χ2v) is 5.25. The molecule has 0 spiro atoms. The largest absolute Gasteiger partial charge is 0.470 e. The average Bonchev–Trinajstić information content (AvgIpc) is 2.48. The Morgan fingerprint density at radius 3 is 2.90 bits per heavy atom. The van der Waals surface area contributed by atoms with Gasteiger partial charge < -0.3 is 14.5 Å². The Kier molecular flexibility index (Phi) is 5.14. The topological polar surface area (TPSA) is 58.6 Å². The molecule has 1 aliphatic rings. The first-order valence-electron chi connectivity index (χ1n) is 7.18. The summed E-state index contributed by atoms with van der Waals surface area (Å²) in [5, 5.41) is 0. The second-order valence-electron chi connectivity index (χ2n) is 5.25. The van der Waals surface area contributed by atoms with Gasteiger partial charge in [-0.3, -0.25) is 4.79 Å². The molecule has 1 aromatic rings. The van der Waals surface area contributed by atoms with Gasteiger partial charge in [0.05, 0.1) is 6.54 Å². The monoisotopic (exact) mass is 290 g/mol. The molecule has 0 aliphatic carbocycles. The second kappa shape index (κ2) is 7.06. The number of allylic oxidation sites excluding steroid dienone is 1. The van der Waals surface area contributed by atoms with Crippen molar-refractivity contribution in [1.82, 2.24) is 14.9 Å². The lowest BCUT2D eigenvalue weighted by atomic mass is 10.1. The van der Waals surface area contributed by atoms with Gasteiger partial charge in [0.25, 0.3) is 5.88 Å². The molecule has 2 rings (SSSR count). The average molecular weight is 290 g/mol. The molecular weight excluding hydrogens is 268 g/mol. The third-order valence-electron chi connectivity index (χ3n) is 3.35. The van der Waals surface area contributed by atoms with E-state index in [1.165, 1.54) is 0 Å². The van der Waals surface area contributed by atoms with E-state index in [1.807, 2.05) is 30.8 Å². The molecule has 2 heterocycles. The Hall–Kier alpha value is -2.11. The SMILES string of the molecule is C/C=C/C(=O)N1CCCC(Oc2nccnc2N(C)C)C1. The van der Waals surface area contributed by atoms with E-state index in [0.717, 1.165) is 19.4 Å². The normalized spacial score (nSPS) is 18.8. The molecule has 6 nitrogen and oxygen atoms in total. The maximum Gasteiger partial charge on any atom is 0.257 e. The number of aromatic nitrogens is 2. The minimum Gasteiger partial charge on any atom is -0.470 e. The van der Waals surface area contributed by atoms with Crippen LogP contribution < -0.4 is 9.64 Å². The van der Waals surface area contributed by atoms with Crippen molar-refractivity contribution in [2.75, 3.05) is 32.1 Å². The summed E-state index contributed by atoms with van der Waals surface area (Å²) in [6.07, 6.45) is 8.44. The van der Waals surface area contributed by atoms with Crippen molar-refractivity contribution in [2.24, 2.45) is 0 Å². The van der Waals surface area contributed by atoms with Crippen LogP contribution in [-0.2, 0) is 4.79 Å². The number of carbonyl (C=O) groups is 1. The lowest BCUT2D eigenvalue weighted by Crippen LogP contribution is -2.44. The molecule has 1 fully saturated rings. The quantitative estimate of drug-likeness (QED) is 0.786. The molecule has 0 aromatic carbocycles. The van der Waals surface area contributed by atoms with Crippen LogP contribution in [0.25, 0.3) is 0 Å². The number of nitrogens with zero attached hydrogens (tertiary/aromatic N) is 4. The van der Waals surface area contributed by atoms with Gasteiger partial charge in [-0.25, -0.2) is 9.97 Å².